The molecule has 0 aliphatic heterocycles. The molecule has 8 heteroatoms. The number of rotatable bonds is 4. The predicted octanol–water partition coefficient (Wildman–Crippen LogP) is 3.42. The molecule has 0 unspecified atom stereocenters. The highest BCUT2D eigenvalue weighted by molar-refractivity contribution is 7.98. The standard InChI is InChI=1S/C21H16N6OS/c1-14-6-5-9-26-18(28)10-15(25-19(14)26)12-29-21-17-11-24-27(20(17)22-13-23-21)16-7-3-2-4-8-16/h2-11,13H,12H2,1H3. The molecule has 1 aromatic carbocycles. The molecular weight excluding hydrogens is 384 g/mol. The number of fused-ring (bicyclic) bond motifs is 2. The first-order chi connectivity index (χ1) is 14.2. The van der Waals surface area contributed by atoms with Crippen molar-refractivity contribution in [1.82, 2.24) is 29.1 Å². The average Bonchev–Trinajstić information content (AvgIpc) is 3.18. The van der Waals surface area contributed by atoms with E-state index in [1.165, 1.54) is 11.8 Å². The zero-order valence-corrected chi connectivity index (χ0v) is 16.4. The minimum atomic E-state index is -0.0842. The third kappa shape index (κ3) is 3.17. The van der Waals surface area contributed by atoms with Gasteiger partial charge >= 0.3 is 0 Å². The summed E-state index contributed by atoms with van der Waals surface area (Å²) in [5.41, 5.74) is 3.97. The van der Waals surface area contributed by atoms with Crippen molar-refractivity contribution in [3.8, 4) is 5.69 Å². The van der Waals surface area contributed by atoms with Crippen LogP contribution in [0.2, 0.25) is 0 Å². The maximum atomic E-state index is 12.4. The lowest BCUT2D eigenvalue weighted by Crippen LogP contribution is -2.15. The number of nitrogens with zero attached hydrogens (tertiary/aromatic N) is 6. The number of aromatic nitrogens is 6. The molecule has 0 N–H and O–H groups in total. The van der Waals surface area contributed by atoms with Gasteiger partial charge in [-0.1, -0.05) is 36.0 Å². The lowest BCUT2D eigenvalue weighted by Gasteiger charge is -2.06. The normalized spacial score (nSPS) is 11.3. The molecular formula is C21H16N6OS. The largest absolute Gasteiger partial charge is 0.269 e. The molecule has 0 saturated heterocycles. The van der Waals surface area contributed by atoms with Crippen molar-refractivity contribution in [3.05, 3.63) is 88.9 Å². The Hall–Kier alpha value is -3.52. The molecule has 0 bridgehead atoms. The van der Waals surface area contributed by atoms with Gasteiger partial charge in [0.05, 0.1) is 23.0 Å². The summed E-state index contributed by atoms with van der Waals surface area (Å²) < 4.78 is 3.36. The van der Waals surface area contributed by atoms with Crippen LogP contribution in [0, 0.1) is 6.92 Å². The second-order valence-electron chi connectivity index (χ2n) is 6.57. The fourth-order valence-corrected chi connectivity index (χ4v) is 4.07. The fourth-order valence-electron chi connectivity index (χ4n) is 3.22. The molecule has 4 aromatic heterocycles. The van der Waals surface area contributed by atoms with Crippen LogP contribution in [0.4, 0.5) is 0 Å². The SMILES string of the molecule is Cc1cccn2c(=O)cc(CSc3ncnc4c3cnn4-c3ccccc3)nc12. The monoisotopic (exact) mass is 400 g/mol. The zero-order chi connectivity index (χ0) is 19.8. The van der Waals surface area contributed by atoms with Crippen molar-refractivity contribution >= 4 is 28.4 Å². The van der Waals surface area contributed by atoms with Gasteiger partial charge in [0, 0.05) is 18.0 Å². The summed E-state index contributed by atoms with van der Waals surface area (Å²) in [4.78, 5) is 25.9. The molecule has 0 radical (unpaired) electrons. The number of aryl methyl sites for hydroxylation is 1. The third-order valence-corrected chi connectivity index (χ3v) is 5.66. The van der Waals surface area contributed by atoms with Crippen LogP contribution in [0.15, 0.2) is 77.1 Å². The quantitative estimate of drug-likeness (QED) is 0.340. The van der Waals surface area contributed by atoms with E-state index in [1.54, 1.807) is 33.9 Å². The van der Waals surface area contributed by atoms with Crippen LogP contribution in [0.1, 0.15) is 11.3 Å². The minimum absolute atomic E-state index is 0.0842. The molecule has 0 aliphatic carbocycles. The minimum Gasteiger partial charge on any atom is -0.269 e. The number of hydrogen-bond donors (Lipinski definition) is 0. The maximum Gasteiger partial charge on any atom is 0.258 e. The van der Waals surface area contributed by atoms with Gasteiger partial charge in [-0.15, -0.1) is 0 Å². The highest BCUT2D eigenvalue weighted by atomic mass is 32.2. The lowest BCUT2D eigenvalue weighted by molar-refractivity contribution is 0.893. The summed E-state index contributed by atoms with van der Waals surface area (Å²) in [5, 5.41) is 6.16. The Morgan fingerprint density at radius 3 is 2.76 bits per heavy atom. The molecule has 7 nitrogen and oxygen atoms in total. The second-order valence-corrected chi connectivity index (χ2v) is 7.53. The maximum absolute atomic E-state index is 12.4. The summed E-state index contributed by atoms with van der Waals surface area (Å²) in [5.74, 6) is 0.530. The molecule has 142 valence electrons. The van der Waals surface area contributed by atoms with Gasteiger partial charge in [-0.2, -0.15) is 5.10 Å². The number of benzene rings is 1. The smallest absolute Gasteiger partial charge is 0.258 e. The van der Waals surface area contributed by atoms with Gasteiger partial charge in [-0.05, 0) is 30.7 Å². The summed E-state index contributed by atoms with van der Waals surface area (Å²) in [6.07, 6.45) is 5.05. The molecule has 0 saturated carbocycles. The van der Waals surface area contributed by atoms with E-state index in [-0.39, 0.29) is 5.56 Å². The Kier molecular flexibility index (Phi) is 4.33. The van der Waals surface area contributed by atoms with Crippen LogP contribution >= 0.6 is 11.8 Å². The molecule has 0 amide bonds. The summed E-state index contributed by atoms with van der Waals surface area (Å²) in [6.45, 7) is 1.95. The van der Waals surface area contributed by atoms with Crippen LogP contribution in [-0.2, 0) is 5.75 Å². The highest BCUT2D eigenvalue weighted by Gasteiger charge is 2.12. The zero-order valence-electron chi connectivity index (χ0n) is 15.6. The molecule has 5 aromatic rings. The summed E-state index contributed by atoms with van der Waals surface area (Å²) in [7, 11) is 0. The number of pyridine rings is 1. The molecule has 5 rings (SSSR count). The highest BCUT2D eigenvalue weighted by Crippen LogP contribution is 2.27. The topological polar surface area (TPSA) is 78.0 Å². The van der Waals surface area contributed by atoms with Crippen molar-refractivity contribution in [3.63, 3.8) is 0 Å². The molecule has 0 fully saturated rings. The lowest BCUT2D eigenvalue weighted by atomic mass is 10.3. The van der Waals surface area contributed by atoms with E-state index in [0.29, 0.717) is 11.4 Å². The number of hydrogen-bond acceptors (Lipinski definition) is 6. The van der Waals surface area contributed by atoms with Crippen molar-refractivity contribution < 1.29 is 0 Å². The third-order valence-electron chi connectivity index (χ3n) is 4.63. The van der Waals surface area contributed by atoms with Gasteiger partial charge in [0.15, 0.2) is 5.65 Å². The average molecular weight is 400 g/mol. The van der Waals surface area contributed by atoms with E-state index in [2.05, 4.69) is 20.1 Å². The molecule has 0 atom stereocenters. The van der Waals surface area contributed by atoms with Gasteiger partial charge in [-0.25, -0.2) is 19.6 Å². The van der Waals surface area contributed by atoms with E-state index in [1.807, 2.05) is 49.4 Å². The number of para-hydroxylation sites is 1. The van der Waals surface area contributed by atoms with Gasteiger partial charge < -0.3 is 0 Å². The van der Waals surface area contributed by atoms with E-state index >= 15 is 0 Å². The van der Waals surface area contributed by atoms with Gasteiger partial charge in [-0.3, -0.25) is 9.20 Å². The van der Waals surface area contributed by atoms with Gasteiger partial charge in [0.1, 0.15) is 17.0 Å². The molecule has 4 heterocycles. The number of thioether (sulfide) groups is 1. The van der Waals surface area contributed by atoms with Crippen LogP contribution in [0.5, 0.6) is 0 Å². The van der Waals surface area contributed by atoms with Crippen molar-refractivity contribution in [1.29, 1.82) is 0 Å². The molecule has 29 heavy (non-hydrogen) atoms. The first kappa shape index (κ1) is 17.6. The Morgan fingerprint density at radius 1 is 1.03 bits per heavy atom. The predicted molar refractivity (Wildman–Crippen MR) is 112 cm³/mol. The van der Waals surface area contributed by atoms with Crippen molar-refractivity contribution in [2.24, 2.45) is 0 Å². The van der Waals surface area contributed by atoms with Crippen LogP contribution < -0.4 is 5.56 Å². The summed E-state index contributed by atoms with van der Waals surface area (Å²) >= 11 is 1.52. The van der Waals surface area contributed by atoms with Crippen LogP contribution in [0.3, 0.4) is 0 Å². The van der Waals surface area contributed by atoms with E-state index in [9.17, 15) is 4.79 Å². The van der Waals surface area contributed by atoms with E-state index < -0.39 is 0 Å². The molecule has 0 aliphatic rings. The Morgan fingerprint density at radius 2 is 1.90 bits per heavy atom. The first-order valence-electron chi connectivity index (χ1n) is 9.05. The Balaban J connectivity index is 1.49. The van der Waals surface area contributed by atoms with Crippen molar-refractivity contribution in [2.75, 3.05) is 0 Å². The molecule has 0 spiro atoms. The van der Waals surface area contributed by atoms with Crippen LogP contribution in [-0.4, -0.2) is 29.1 Å². The van der Waals surface area contributed by atoms with Crippen LogP contribution in [0.25, 0.3) is 22.4 Å². The first-order valence-corrected chi connectivity index (χ1v) is 10.0. The van der Waals surface area contributed by atoms with Gasteiger partial charge in [0.2, 0.25) is 0 Å². The van der Waals surface area contributed by atoms with Crippen molar-refractivity contribution in [2.45, 2.75) is 17.7 Å². The Bertz CT molecular complexity index is 1390. The van der Waals surface area contributed by atoms with E-state index in [4.69, 9.17) is 0 Å². The Labute approximate surface area is 170 Å². The van der Waals surface area contributed by atoms with E-state index in [0.717, 1.165) is 33.0 Å². The second kappa shape index (κ2) is 7.14. The fraction of sp³-hybridized carbons (Fsp3) is 0.0952. The van der Waals surface area contributed by atoms with Gasteiger partial charge in [0.25, 0.3) is 5.56 Å². The summed E-state index contributed by atoms with van der Waals surface area (Å²) in [6, 6.07) is 15.2.